The van der Waals surface area contributed by atoms with Gasteiger partial charge in [0.15, 0.2) is 0 Å². The Morgan fingerprint density at radius 2 is 2.15 bits per heavy atom. The summed E-state index contributed by atoms with van der Waals surface area (Å²) < 4.78 is 5.59. The Labute approximate surface area is 125 Å². The maximum atomic E-state index is 12.1. The molecule has 0 fully saturated rings. The van der Waals surface area contributed by atoms with E-state index in [-0.39, 0.29) is 11.8 Å². The highest BCUT2D eigenvalue weighted by atomic mass is 35.5. The van der Waals surface area contributed by atoms with Crippen LogP contribution in [0.3, 0.4) is 0 Å². The van der Waals surface area contributed by atoms with Gasteiger partial charge < -0.3 is 15.8 Å². The molecule has 0 aromatic heterocycles. The van der Waals surface area contributed by atoms with Crippen molar-refractivity contribution in [3.05, 3.63) is 23.2 Å². The van der Waals surface area contributed by atoms with Gasteiger partial charge in [-0.15, -0.1) is 0 Å². The third-order valence-electron chi connectivity index (χ3n) is 3.22. The zero-order chi connectivity index (χ0) is 15.1. The molecule has 20 heavy (non-hydrogen) atoms. The minimum atomic E-state index is -0.544. The van der Waals surface area contributed by atoms with Crippen LogP contribution in [0.25, 0.3) is 0 Å². The van der Waals surface area contributed by atoms with Crippen LogP contribution in [-0.4, -0.2) is 18.6 Å². The monoisotopic (exact) mass is 298 g/mol. The Balaban J connectivity index is 2.84. The van der Waals surface area contributed by atoms with E-state index in [1.807, 2.05) is 20.8 Å². The molecule has 0 aliphatic carbocycles. The maximum absolute atomic E-state index is 12.1. The van der Waals surface area contributed by atoms with Crippen molar-refractivity contribution >= 4 is 23.2 Å². The number of anilines is 1. The molecule has 0 radical (unpaired) electrons. The Hall–Kier alpha value is -1.26. The molecule has 0 aliphatic rings. The second-order valence-corrected chi connectivity index (χ2v) is 5.33. The van der Waals surface area contributed by atoms with E-state index in [4.69, 9.17) is 22.1 Å². The lowest BCUT2D eigenvalue weighted by Gasteiger charge is -2.19. The van der Waals surface area contributed by atoms with Crippen molar-refractivity contribution in [2.24, 2.45) is 11.7 Å². The minimum absolute atomic E-state index is 0.120. The van der Waals surface area contributed by atoms with Gasteiger partial charge in [-0.25, -0.2) is 0 Å². The number of amides is 1. The van der Waals surface area contributed by atoms with Crippen LogP contribution >= 0.6 is 11.6 Å². The maximum Gasteiger partial charge on any atom is 0.241 e. The first-order valence-corrected chi connectivity index (χ1v) is 7.36. The van der Waals surface area contributed by atoms with E-state index in [9.17, 15) is 4.79 Å². The first kappa shape index (κ1) is 16.8. The van der Waals surface area contributed by atoms with Crippen molar-refractivity contribution in [1.29, 1.82) is 0 Å². The average Bonchev–Trinajstić information content (AvgIpc) is 2.44. The summed E-state index contributed by atoms with van der Waals surface area (Å²) in [6.07, 6.45) is 1.74. The second kappa shape index (κ2) is 8.12. The highest BCUT2D eigenvalue weighted by molar-refractivity contribution is 6.31. The molecule has 0 heterocycles. The highest BCUT2D eigenvalue weighted by Gasteiger charge is 2.20. The summed E-state index contributed by atoms with van der Waals surface area (Å²) in [5, 5.41) is 3.34. The average molecular weight is 299 g/mol. The van der Waals surface area contributed by atoms with E-state index in [1.165, 1.54) is 0 Å². The molecule has 0 bridgehead atoms. The van der Waals surface area contributed by atoms with E-state index in [1.54, 1.807) is 18.2 Å². The summed E-state index contributed by atoms with van der Waals surface area (Å²) in [4.78, 5) is 12.1. The highest BCUT2D eigenvalue weighted by Crippen LogP contribution is 2.28. The molecule has 112 valence electrons. The number of carbonyl (C=O) groups is 1. The van der Waals surface area contributed by atoms with Gasteiger partial charge >= 0.3 is 0 Å². The Kier molecular flexibility index (Phi) is 6.82. The first-order valence-electron chi connectivity index (χ1n) is 6.98. The zero-order valence-corrected chi connectivity index (χ0v) is 13.0. The molecular weight excluding hydrogens is 276 g/mol. The van der Waals surface area contributed by atoms with Gasteiger partial charge in [0.2, 0.25) is 5.91 Å². The van der Waals surface area contributed by atoms with E-state index in [0.29, 0.717) is 23.1 Å². The summed E-state index contributed by atoms with van der Waals surface area (Å²) in [5.74, 6) is 0.512. The van der Waals surface area contributed by atoms with E-state index < -0.39 is 6.04 Å². The smallest absolute Gasteiger partial charge is 0.241 e. The molecule has 1 amide bonds. The Bertz CT molecular complexity index is 451. The molecular formula is C15H23ClN2O2. The van der Waals surface area contributed by atoms with E-state index >= 15 is 0 Å². The molecule has 0 aliphatic heterocycles. The molecule has 1 rings (SSSR count). The van der Waals surface area contributed by atoms with Gasteiger partial charge in [0, 0.05) is 5.02 Å². The van der Waals surface area contributed by atoms with Crippen molar-refractivity contribution in [3.8, 4) is 5.75 Å². The number of benzene rings is 1. The third kappa shape index (κ3) is 4.69. The first-order chi connectivity index (χ1) is 9.49. The second-order valence-electron chi connectivity index (χ2n) is 4.89. The van der Waals surface area contributed by atoms with Gasteiger partial charge in [-0.1, -0.05) is 38.8 Å². The summed E-state index contributed by atoms with van der Waals surface area (Å²) in [6.45, 7) is 6.57. The zero-order valence-electron chi connectivity index (χ0n) is 12.3. The predicted octanol–water partition coefficient (Wildman–Crippen LogP) is 3.44. The molecule has 1 unspecified atom stereocenters. The van der Waals surface area contributed by atoms with E-state index in [0.717, 1.165) is 12.8 Å². The number of carbonyl (C=O) groups excluding carboxylic acids is 1. The topological polar surface area (TPSA) is 64.3 Å². The molecule has 1 aromatic rings. The fourth-order valence-corrected chi connectivity index (χ4v) is 1.84. The normalized spacial score (nSPS) is 13.7. The van der Waals surface area contributed by atoms with Crippen LogP contribution in [0.1, 0.15) is 33.6 Å². The summed E-state index contributed by atoms with van der Waals surface area (Å²) in [7, 11) is 0. The van der Waals surface area contributed by atoms with Crippen LogP contribution in [0.4, 0.5) is 5.69 Å². The minimum Gasteiger partial charge on any atom is -0.491 e. The lowest BCUT2D eigenvalue weighted by Crippen LogP contribution is -2.40. The standard InChI is InChI=1S/C15H23ClN2O2/c1-4-8-20-13-7-6-11(16)9-12(13)18-15(19)14(17)10(3)5-2/h6-7,9-10,14H,4-5,8,17H2,1-3H3,(H,18,19)/t10?,14-/m0/s1. The molecule has 4 nitrogen and oxygen atoms in total. The summed E-state index contributed by atoms with van der Waals surface area (Å²) >= 11 is 5.97. The number of hydrogen-bond acceptors (Lipinski definition) is 3. The van der Waals surface area contributed by atoms with Crippen LogP contribution in [-0.2, 0) is 4.79 Å². The van der Waals surface area contributed by atoms with Crippen LogP contribution in [0.2, 0.25) is 5.02 Å². The molecule has 5 heteroatoms. The predicted molar refractivity (Wildman–Crippen MR) is 83.3 cm³/mol. The van der Waals surface area contributed by atoms with Gasteiger partial charge in [0.25, 0.3) is 0 Å². The molecule has 0 saturated carbocycles. The van der Waals surface area contributed by atoms with E-state index in [2.05, 4.69) is 5.32 Å². The lowest BCUT2D eigenvalue weighted by molar-refractivity contribution is -0.118. The summed E-state index contributed by atoms with van der Waals surface area (Å²) in [6, 6.07) is 4.62. The van der Waals surface area contributed by atoms with Crippen molar-refractivity contribution in [2.75, 3.05) is 11.9 Å². The van der Waals surface area contributed by atoms with Crippen molar-refractivity contribution < 1.29 is 9.53 Å². The van der Waals surface area contributed by atoms with Crippen LogP contribution in [0.15, 0.2) is 18.2 Å². The van der Waals surface area contributed by atoms with Gasteiger partial charge in [-0.05, 0) is 30.5 Å². The van der Waals surface area contributed by atoms with Crippen molar-refractivity contribution in [1.82, 2.24) is 0 Å². The molecule has 0 spiro atoms. The van der Waals surface area contributed by atoms with Gasteiger partial charge in [-0.2, -0.15) is 0 Å². The number of hydrogen-bond donors (Lipinski definition) is 2. The SMILES string of the molecule is CCCOc1ccc(Cl)cc1NC(=O)[C@@H](N)C(C)CC. The Morgan fingerprint density at radius 1 is 1.45 bits per heavy atom. The lowest BCUT2D eigenvalue weighted by atomic mass is 9.99. The number of rotatable bonds is 7. The van der Waals surface area contributed by atoms with Crippen LogP contribution in [0, 0.1) is 5.92 Å². The van der Waals surface area contributed by atoms with Crippen LogP contribution in [0.5, 0.6) is 5.75 Å². The summed E-state index contributed by atoms with van der Waals surface area (Å²) in [5.41, 5.74) is 6.49. The molecule has 2 atom stereocenters. The largest absolute Gasteiger partial charge is 0.491 e. The number of nitrogens with two attached hydrogens (primary N) is 1. The van der Waals surface area contributed by atoms with Crippen molar-refractivity contribution in [2.45, 2.75) is 39.7 Å². The van der Waals surface area contributed by atoms with Crippen LogP contribution < -0.4 is 15.8 Å². The van der Waals surface area contributed by atoms with Gasteiger partial charge in [0.05, 0.1) is 18.3 Å². The number of nitrogens with one attached hydrogen (secondary N) is 1. The molecule has 1 aromatic carbocycles. The number of halogens is 1. The fraction of sp³-hybridized carbons (Fsp3) is 0.533. The van der Waals surface area contributed by atoms with Gasteiger partial charge in [0.1, 0.15) is 5.75 Å². The van der Waals surface area contributed by atoms with Gasteiger partial charge in [-0.3, -0.25) is 4.79 Å². The number of ether oxygens (including phenoxy) is 1. The quantitative estimate of drug-likeness (QED) is 0.810. The van der Waals surface area contributed by atoms with Crippen molar-refractivity contribution in [3.63, 3.8) is 0 Å². The molecule has 3 N–H and O–H groups in total. The molecule has 0 saturated heterocycles. The Morgan fingerprint density at radius 3 is 2.75 bits per heavy atom. The fourth-order valence-electron chi connectivity index (χ4n) is 1.67. The third-order valence-corrected chi connectivity index (χ3v) is 3.46.